The van der Waals surface area contributed by atoms with Gasteiger partial charge in [0.1, 0.15) is 5.75 Å². The van der Waals surface area contributed by atoms with Crippen molar-refractivity contribution in [1.29, 1.82) is 0 Å². The first kappa shape index (κ1) is 15.9. The van der Waals surface area contributed by atoms with E-state index in [0.717, 1.165) is 12.0 Å². The summed E-state index contributed by atoms with van der Waals surface area (Å²) in [6, 6.07) is 16.0. The van der Waals surface area contributed by atoms with Crippen LogP contribution in [0.25, 0.3) is 0 Å². The van der Waals surface area contributed by atoms with E-state index in [-0.39, 0.29) is 6.42 Å². The summed E-state index contributed by atoms with van der Waals surface area (Å²) in [4.78, 5) is 10.4. The number of rotatable bonds is 8. The molecule has 2 aromatic carbocycles. The van der Waals surface area contributed by atoms with E-state index in [4.69, 9.17) is 15.6 Å². The molecule has 0 saturated heterocycles. The lowest BCUT2D eigenvalue weighted by Crippen LogP contribution is -2.02. The minimum atomic E-state index is -0.773. The predicted octanol–water partition coefficient (Wildman–Crippen LogP) is 3.49. The van der Waals surface area contributed by atoms with Gasteiger partial charge < -0.3 is 15.6 Å². The van der Waals surface area contributed by atoms with Crippen molar-refractivity contribution in [2.75, 3.05) is 12.3 Å². The summed E-state index contributed by atoms with van der Waals surface area (Å²) in [6.07, 6.45) is 2.33. The van der Waals surface area contributed by atoms with E-state index in [0.29, 0.717) is 30.9 Å². The highest BCUT2D eigenvalue weighted by Gasteiger charge is 2.04. The second-order valence-corrected chi connectivity index (χ2v) is 5.23. The molecule has 0 aliphatic rings. The van der Waals surface area contributed by atoms with E-state index in [1.165, 1.54) is 5.56 Å². The van der Waals surface area contributed by atoms with Crippen LogP contribution in [0.4, 0.5) is 5.69 Å². The van der Waals surface area contributed by atoms with Gasteiger partial charge in [-0.3, -0.25) is 4.79 Å². The Balaban J connectivity index is 1.85. The number of unbranched alkanes of at least 4 members (excludes halogenated alkanes) is 1. The predicted molar refractivity (Wildman–Crippen MR) is 87.1 cm³/mol. The van der Waals surface area contributed by atoms with E-state index in [9.17, 15) is 4.79 Å². The summed E-state index contributed by atoms with van der Waals surface area (Å²) < 4.78 is 5.61. The smallest absolute Gasteiger partial charge is 0.303 e. The Kier molecular flexibility index (Phi) is 5.83. The number of ether oxygens (including phenoxy) is 1. The van der Waals surface area contributed by atoms with Crippen LogP contribution in [0.15, 0.2) is 48.5 Å². The lowest BCUT2D eigenvalue weighted by atomic mass is 10.0. The number of carboxylic acid groups (broad SMARTS) is 1. The number of carboxylic acids is 1. The van der Waals surface area contributed by atoms with E-state index < -0.39 is 5.97 Å². The number of carbonyl (C=O) groups is 1. The first-order chi connectivity index (χ1) is 10.6. The minimum Gasteiger partial charge on any atom is -0.491 e. The van der Waals surface area contributed by atoms with Crippen molar-refractivity contribution in [3.63, 3.8) is 0 Å². The summed E-state index contributed by atoms with van der Waals surface area (Å²) in [6.45, 7) is 0.482. The Morgan fingerprint density at radius 2 is 1.82 bits per heavy atom. The molecule has 116 valence electrons. The Morgan fingerprint density at radius 3 is 2.50 bits per heavy atom. The maximum atomic E-state index is 10.4. The summed E-state index contributed by atoms with van der Waals surface area (Å²) in [7, 11) is 0. The molecule has 0 atom stereocenters. The number of nitrogens with two attached hydrogens (primary N) is 1. The van der Waals surface area contributed by atoms with Crippen LogP contribution in [0.5, 0.6) is 5.75 Å². The molecule has 3 N–H and O–H groups in total. The molecule has 2 rings (SSSR count). The van der Waals surface area contributed by atoms with Gasteiger partial charge in [-0.2, -0.15) is 0 Å². The molecule has 22 heavy (non-hydrogen) atoms. The van der Waals surface area contributed by atoms with Gasteiger partial charge in [0.05, 0.1) is 12.3 Å². The zero-order valence-electron chi connectivity index (χ0n) is 12.5. The molecule has 0 radical (unpaired) electrons. The van der Waals surface area contributed by atoms with E-state index in [2.05, 4.69) is 12.1 Å². The second-order valence-electron chi connectivity index (χ2n) is 5.23. The molecule has 0 aliphatic heterocycles. The molecule has 0 unspecified atom stereocenters. The Labute approximate surface area is 130 Å². The highest BCUT2D eigenvalue weighted by atomic mass is 16.5. The first-order valence-corrected chi connectivity index (χ1v) is 7.42. The molecule has 0 spiro atoms. The molecule has 4 heteroatoms. The largest absolute Gasteiger partial charge is 0.491 e. The van der Waals surface area contributed by atoms with Crippen LogP contribution in [0.1, 0.15) is 30.4 Å². The molecular formula is C18H21NO3. The zero-order valence-corrected chi connectivity index (χ0v) is 12.5. The van der Waals surface area contributed by atoms with Gasteiger partial charge in [0.15, 0.2) is 0 Å². The van der Waals surface area contributed by atoms with Gasteiger partial charge in [0, 0.05) is 6.42 Å². The van der Waals surface area contributed by atoms with Gasteiger partial charge in [-0.15, -0.1) is 0 Å². The number of anilines is 1. The van der Waals surface area contributed by atoms with Crippen LogP contribution in [0.2, 0.25) is 0 Å². The summed E-state index contributed by atoms with van der Waals surface area (Å²) in [5.74, 6) is -0.114. The quantitative estimate of drug-likeness (QED) is 0.578. The van der Waals surface area contributed by atoms with Crippen LogP contribution in [0, 0.1) is 0 Å². The first-order valence-electron chi connectivity index (χ1n) is 7.42. The topological polar surface area (TPSA) is 72.5 Å². The Morgan fingerprint density at radius 1 is 1.05 bits per heavy atom. The van der Waals surface area contributed by atoms with E-state index >= 15 is 0 Å². The van der Waals surface area contributed by atoms with Crippen LogP contribution < -0.4 is 10.5 Å². The fraction of sp³-hybridized carbons (Fsp3) is 0.278. The van der Waals surface area contributed by atoms with Gasteiger partial charge in [-0.05, 0) is 42.5 Å². The number of benzene rings is 2. The molecule has 0 aliphatic carbocycles. The molecule has 0 heterocycles. The van der Waals surface area contributed by atoms with Crippen molar-refractivity contribution in [3.05, 3.63) is 59.7 Å². The maximum Gasteiger partial charge on any atom is 0.303 e. The standard InChI is InChI=1S/C18H21NO3/c19-16-13-15(12-14-6-2-1-3-7-14)9-10-17(16)22-11-5-4-8-18(20)21/h1-3,6-7,9-10,13H,4-5,8,11-12,19H2,(H,20,21). The average Bonchev–Trinajstić information content (AvgIpc) is 2.49. The van der Waals surface area contributed by atoms with Crippen molar-refractivity contribution in [2.24, 2.45) is 0 Å². The minimum absolute atomic E-state index is 0.175. The molecule has 0 saturated carbocycles. The van der Waals surface area contributed by atoms with E-state index in [1.807, 2.05) is 36.4 Å². The van der Waals surface area contributed by atoms with Gasteiger partial charge in [-0.25, -0.2) is 0 Å². The van der Waals surface area contributed by atoms with Crippen molar-refractivity contribution in [2.45, 2.75) is 25.7 Å². The normalized spacial score (nSPS) is 10.4. The molecule has 4 nitrogen and oxygen atoms in total. The van der Waals surface area contributed by atoms with Crippen molar-refractivity contribution < 1.29 is 14.6 Å². The third kappa shape index (κ3) is 5.13. The lowest BCUT2D eigenvalue weighted by Gasteiger charge is -2.10. The van der Waals surface area contributed by atoms with Crippen molar-refractivity contribution in [3.8, 4) is 5.75 Å². The van der Waals surface area contributed by atoms with Crippen LogP contribution in [-0.4, -0.2) is 17.7 Å². The summed E-state index contributed by atoms with van der Waals surface area (Å²) >= 11 is 0. The zero-order chi connectivity index (χ0) is 15.8. The highest BCUT2D eigenvalue weighted by Crippen LogP contribution is 2.24. The monoisotopic (exact) mass is 299 g/mol. The van der Waals surface area contributed by atoms with Gasteiger partial charge in [-0.1, -0.05) is 36.4 Å². The van der Waals surface area contributed by atoms with Crippen molar-refractivity contribution >= 4 is 11.7 Å². The average molecular weight is 299 g/mol. The molecule has 0 aromatic heterocycles. The maximum absolute atomic E-state index is 10.4. The number of hydrogen-bond donors (Lipinski definition) is 2. The SMILES string of the molecule is Nc1cc(Cc2ccccc2)ccc1OCCCCC(=O)O. The Bertz CT molecular complexity index is 611. The number of hydrogen-bond acceptors (Lipinski definition) is 3. The van der Waals surface area contributed by atoms with Crippen LogP contribution in [0.3, 0.4) is 0 Å². The molecule has 2 aromatic rings. The number of aliphatic carboxylic acids is 1. The van der Waals surface area contributed by atoms with Crippen molar-refractivity contribution in [1.82, 2.24) is 0 Å². The summed E-state index contributed by atoms with van der Waals surface area (Å²) in [5.41, 5.74) is 9.02. The molecule has 0 fully saturated rings. The van der Waals surface area contributed by atoms with Gasteiger partial charge >= 0.3 is 5.97 Å². The van der Waals surface area contributed by atoms with Gasteiger partial charge in [0.25, 0.3) is 0 Å². The highest BCUT2D eigenvalue weighted by molar-refractivity contribution is 5.66. The molecular weight excluding hydrogens is 278 g/mol. The van der Waals surface area contributed by atoms with Gasteiger partial charge in [0.2, 0.25) is 0 Å². The number of nitrogen functional groups attached to an aromatic ring is 1. The lowest BCUT2D eigenvalue weighted by molar-refractivity contribution is -0.137. The molecule has 0 amide bonds. The third-order valence-corrected chi connectivity index (χ3v) is 3.37. The van der Waals surface area contributed by atoms with Crippen LogP contribution >= 0.6 is 0 Å². The fourth-order valence-corrected chi connectivity index (χ4v) is 2.23. The third-order valence-electron chi connectivity index (χ3n) is 3.37. The fourth-order valence-electron chi connectivity index (χ4n) is 2.23. The van der Waals surface area contributed by atoms with E-state index in [1.54, 1.807) is 0 Å². The Hall–Kier alpha value is -2.49. The second kappa shape index (κ2) is 8.08. The molecule has 0 bridgehead atoms. The van der Waals surface area contributed by atoms with Crippen LogP contribution in [-0.2, 0) is 11.2 Å². The summed E-state index contributed by atoms with van der Waals surface area (Å²) in [5, 5.41) is 8.56.